The Morgan fingerprint density at radius 3 is 1.94 bits per heavy atom. The summed E-state index contributed by atoms with van der Waals surface area (Å²) in [5.74, 6) is 0. The van der Waals surface area contributed by atoms with E-state index in [1.165, 1.54) is 55.6 Å². The fraction of sp³-hybridized carbons (Fsp3) is 0.0968. The Bertz CT molecular complexity index is 1340. The molecule has 4 aromatic carbocycles. The molecule has 0 heterocycles. The van der Waals surface area contributed by atoms with Crippen molar-refractivity contribution in [3.8, 4) is 33.4 Å². The molecule has 0 aliphatic heterocycles. The van der Waals surface area contributed by atoms with Crippen molar-refractivity contribution in [3.05, 3.63) is 131 Å². The van der Waals surface area contributed by atoms with Crippen LogP contribution in [0.25, 0.3) is 33.4 Å². The Hall–Kier alpha value is -2.18. The summed E-state index contributed by atoms with van der Waals surface area (Å²) in [6.45, 7) is 0. The van der Waals surface area contributed by atoms with E-state index in [0.29, 0.717) is 0 Å². The van der Waals surface area contributed by atoms with Crippen LogP contribution in [0.5, 0.6) is 0 Å². The summed E-state index contributed by atoms with van der Waals surface area (Å²) in [6, 6.07) is 33.2. The Morgan fingerprint density at radius 2 is 1.26 bits per heavy atom. The molecule has 0 radical (unpaired) electrons. The smallest absolute Gasteiger partial charge is 1.00 e. The number of benzene rings is 4. The zero-order valence-corrected chi connectivity index (χ0v) is 22.7. The first-order chi connectivity index (χ1) is 15.4. The largest absolute Gasteiger partial charge is 2.00 e. The standard InChI is InChI=1S/C31H24.2ClH.Zr/c1-3-11-23(12-4-1)25-15-16-28-26(20-25)21-31-29(28)18-17-27(24-13-5-2-6-14-24)30(31)19-22-9-7-8-10-22;;;/h1-9,11-18,20H,10,19,21H2;2*1H;/q;;;+2/p-2. The Kier molecular flexibility index (Phi) is 8.94. The summed E-state index contributed by atoms with van der Waals surface area (Å²) in [4.78, 5) is 0. The summed E-state index contributed by atoms with van der Waals surface area (Å²) in [5, 5.41) is 0. The minimum Gasteiger partial charge on any atom is -1.00 e. The number of rotatable bonds is 4. The fourth-order valence-corrected chi connectivity index (χ4v) is 5.09. The van der Waals surface area contributed by atoms with Crippen LogP contribution in [0.15, 0.2) is 115 Å². The number of allylic oxidation sites excluding steroid dienone is 4. The van der Waals surface area contributed by atoms with E-state index >= 15 is 0 Å². The van der Waals surface area contributed by atoms with Crippen molar-refractivity contribution in [2.45, 2.75) is 19.3 Å². The van der Waals surface area contributed by atoms with Gasteiger partial charge in [-0.1, -0.05) is 115 Å². The van der Waals surface area contributed by atoms with E-state index in [1.807, 2.05) is 0 Å². The molecular weight excluding hydrogens is 534 g/mol. The molecule has 0 saturated heterocycles. The van der Waals surface area contributed by atoms with E-state index in [1.54, 1.807) is 0 Å². The molecule has 0 unspecified atom stereocenters. The molecule has 0 fully saturated rings. The van der Waals surface area contributed by atoms with Gasteiger partial charge in [0.2, 0.25) is 0 Å². The third-order valence-corrected chi connectivity index (χ3v) is 6.64. The van der Waals surface area contributed by atoms with E-state index in [2.05, 4.69) is 109 Å². The molecule has 0 bridgehead atoms. The van der Waals surface area contributed by atoms with Crippen LogP contribution in [0, 0.1) is 0 Å². The summed E-state index contributed by atoms with van der Waals surface area (Å²) < 4.78 is 0. The maximum absolute atomic E-state index is 2.40. The summed E-state index contributed by atoms with van der Waals surface area (Å²) in [5.41, 5.74) is 14.0. The fourth-order valence-electron chi connectivity index (χ4n) is 5.09. The van der Waals surface area contributed by atoms with Gasteiger partial charge in [-0.2, -0.15) is 0 Å². The molecule has 2 aliphatic rings. The van der Waals surface area contributed by atoms with Gasteiger partial charge in [0.15, 0.2) is 0 Å². The van der Waals surface area contributed by atoms with Crippen molar-refractivity contribution >= 4 is 0 Å². The normalized spacial score (nSPS) is 12.5. The van der Waals surface area contributed by atoms with Gasteiger partial charge in [-0.25, -0.2) is 0 Å². The Balaban J connectivity index is 0.00000108. The second-order valence-electron chi connectivity index (χ2n) is 8.53. The topological polar surface area (TPSA) is 0 Å². The first-order valence-corrected chi connectivity index (χ1v) is 11.1. The van der Waals surface area contributed by atoms with Crippen LogP contribution in [0.1, 0.15) is 23.1 Å². The minimum atomic E-state index is 0. The van der Waals surface area contributed by atoms with Crippen LogP contribution in [0.2, 0.25) is 0 Å². The molecule has 166 valence electrons. The quantitative estimate of drug-likeness (QED) is 0.317. The molecule has 6 rings (SSSR count). The van der Waals surface area contributed by atoms with Crippen LogP contribution in [-0.2, 0) is 39.0 Å². The second-order valence-corrected chi connectivity index (χ2v) is 8.53. The van der Waals surface area contributed by atoms with E-state index < -0.39 is 0 Å². The van der Waals surface area contributed by atoms with Gasteiger partial charge in [0.25, 0.3) is 0 Å². The summed E-state index contributed by atoms with van der Waals surface area (Å²) >= 11 is 0. The summed E-state index contributed by atoms with van der Waals surface area (Å²) in [7, 11) is 0. The monoisotopic (exact) mass is 556 g/mol. The Morgan fingerprint density at radius 1 is 0.618 bits per heavy atom. The van der Waals surface area contributed by atoms with Gasteiger partial charge < -0.3 is 24.8 Å². The van der Waals surface area contributed by atoms with Gasteiger partial charge in [0.1, 0.15) is 0 Å². The molecule has 0 N–H and O–H groups in total. The molecule has 0 amide bonds. The van der Waals surface area contributed by atoms with Gasteiger partial charge in [0.05, 0.1) is 0 Å². The molecule has 2 aliphatic carbocycles. The van der Waals surface area contributed by atoms with Crippen molar-refractivity contribution < 1.29 is 51.0 Å². The number of hydrogen-bond acceptors (Lipinski definition) is 0. The SMILES string of the molecule is C1=CCC(Cc2c(-c3ccccc3)ccc3c2Cc2cc(-c4ccccc4)ccc2-3)=C1.[Cl-].[Cl-].[Zr+2]. The zero-order valence-electron chi connectivity index (χ0n) is 18.8. The molecule has 0 spiro atoms. The van der Waals surface area contributed by atoms with Crippen LogP contribution in [0.4, 0.5) is 0 Å². The van der Waals surface area contributed by atoms with Gasteiger partial charge in [-0.15, -0.1) is 0 Å². The van der Waals surface area contributed by atoms with Crippen LogP contribution in [0.3, 0.4) is 0 Å². The van der Waals surface area contributed by atoms with Crippen molar-refractivity contribution in [1.82, 2.24) is 0 Å². The molecule has 3 heteroatoms. The van der Waals surface area contributed by atoms with Gasteiger partial charge in [-0.05, 0) is 69.3 Å². The number of hydrogen-bond donors (Lipinski definition) is 0. The molecule has 0 aromatic heterocycles. The van der Waals surface area contributed by atoms with Gasteiger partial charge >= 0.3 is 26.2 Å². The second kappa shape index (κ2) is 11.5. The van der Waals surface area contributed by atoms with Crippen LogP contribution >= 0.6 is 0 Å². The van der Waals surface area contributed by atoms with Crippen LogP contribution in [-0.4, -0.2) is 0 Å². The van der Waals surface area contributed by atoms with E-state index in [0.717, 1.165) is 19.3 Å². The molecule has 0 atom stereocenters. The average Bonchev–Trinajstić information content (AvgIpc) is 3.48. The van der Waals surface area contributed by atoms with Crippen molar-refractivity contribution in [2.24, 2.45) is 0 Å². The van der Waals surface area contributed by atoms with Crippen molar-refractivity contribution in [3.63, 3.8) is 0 Å². The van der Waals surface area contributed by atoms with Crippen molar-refractivity contribution in [1.29, 1.82) is 0 Å². The van der Waals surface area contributed by atoms with E-state index in [-0.39, 0.29) is 51.0 Å². The van der Waals surface area contributed by atoms with Gasteiger partial charge in [0, 0.05) is 0 Å². The average molecular weight is 559 g/mol. The maximum atomic E-state index is 2.40. The van der Waals surface area contributed by atoms with Crippen LogP contribution < -0.4 is 24.8 Å². The number of halogens is 2. The van der Waals surface area contributed by atoms with E-state index in [9.17, 15) is 0 Å². The first kappa shape index (κ1) is 26.4. The maximum Gasteiger partial charge on any atom is 2.00 e. The zero-order chi connectivity index (χ0) is 20.6. The van der Waals surface area contributed by atoms with Crippen molar-refractivity contribution in [2.75, 3.05) is 0 Å². The predicted octanol–water partition coefficient (Wildman–Crippen LogP) is 2.03. The first-order valence-electron chi connectivity index (χ1n) is 11.1. The van der Waals surface area contributed by atoms with E-state index in [4.69, 9.17) is 0 Å². The third-order valence-electron chi connectivity index (χ3n) is 6.64. The molecule has 0 nitrogen and oxygen atoms in total. The summed E-state index contributed by atoms with van der Waals surface area (Å²) in [6.07, 6.45) is 9.87. The number of fused-ring (bicyclic) bond motifs is 3. The Labute approximate surface area is 233 Å². The third kappa shape index (κ3) is 4.94. The molecular formula is C31H24Cl2Zr. The predicted molar refractivity (Wildman–Crippen MR) is 131 cm³/mol. The molecule has 4 aromatic rings. The minimum absolute atomic E-state index is 0. The molecule has 0 saturated carbocycles. The van der Waals surface area contributed by atoms with Gasteiger partial charge in [-0.3, -0.25) is 0 Å². The molecule has 34 heavy (non-hydrogen) atoms.